The predicted molar refractivity (Wildman–Crippen MR) is 47.6 cm³/mol. The van der Waals surface area contributed by atoms with Crippen LogP contribution in [0.3, 0.4) is 0 Å². The second-order valence-corrected chi connectivity index (χ2v) is 4.04. The largest absolute Gasteiger partial charge is 0.292 e. The zero-order valence-corrected chi connectivity index (χ0v) is 7.68. The van der Waals surface area contributed by atoms with E-state index in [4.69, 9.17) is 5.26 Å². The lowest BCUT2D eigenvalue weighted by Gasteiger charge is -2.26. The lowest BCUT2D eigenvalue weighted by atomic mass is 10.3. The minimum atomic E-state index is 0.294. The van der Waals surface area contributed by atoms with Gasteiger partial charge in [0.25, 0.3) is 0 Å². The Morgan fingerprint density at radius 1 is 1.58 bits per heavy atom. The summed E-state index contributed by atoms with van der Waals surface area (Å²) in [7, 11) is 0. The maximum Gasteiger partial charge on any atom is 0.180 e. The molecule has 2 saturated heterocycles. The number of hydrogen-bond donors (Lipinski definition) is 1. The van der Waals surface area contributed by atoms with Crippen LogP contribution < -0.4 is 5.43 Å². The van der Waals surface area contributed by atoms with Crippen molar-refractivity contribution in [3.63, 3.8) is 0 Å². The van der Waals surface area contributed by atoms with Gasteiger partial charge in [0.1, 0.15) is 6.17 Å². The summed E-state index contributed by atoms with van der Waals surface area (Å²) in [5.41, 5.74) is 3.27. The fraction of sp³-hybridized carbons (Fsp3) is 0.857. The Balaban J connectivity index is 1.97. The molecule has 1 atom stereocenters. The smallest absolute Gasteiger partial charge is 0.180 e. The average molecular weight is 184 g/mol. The van der Waals surface area contributed by atoms with Gasteiger partial charge in [0.15, 0.2) is 6.19 Å². The molecule has 2 rings (SSSR count). The van der Waals surface area contributed by atoms with Crippen LogP contribution in [-0.2, 0) is 0 Å². The zero-order chi connectivity index (χ0) is 8.39. The molecule has 5 heteroatoms. The minimum Gasteiger partial charge on any atom is -0.292 e. The molecule has 12 heavy (non-hydrogen) atoms. The maximum absolute atomic E-state index is 8.81. The van der Waals surface area contributed by atoms with Gasteiger partial charge in [-0.1, -0.05) is 11.9 Å². The quantitative estimate of drug-likeness (QED) is 0.471. The third-order valence-corrected chi connectivity index (χ3v) is 3.26. The maximum atomic E-state index is 8.81. The molecule has 0 aromatic carbocycles. The van der Waals surface area contributed by atoms with Gasteiger partial charge in [-0.15, -0.1) is 0 Å². The zero-order valence-electron chi connectivity index (χ0n) is 6.86. The second-order valence-electron chi connectivity index (χ2n) is 2.98. The first-order valence-corrected chi connectivity index (χ1v) is 5.18. The number of hydrogen-bond acceptors (Lipinski definition) is 5. The highest BCUT2D eigenvalue weighted by Gasteiger charge is 2.31. The molecule has 1 N–H and O–H groups in total. The molecule has 1 unspecified atom stereocenters. The molecule has 0 saturated carbocycles. The fourth-order valence-corrected chi connectivity index (χ4v) is 2.60. The van der Waals surface area contributed by atoms with Gasteiger partial charge in [-0.25, -0.2) is 5.43 Å². The summed E-state index contributed by atoms with van der Waals surface area (Å²) < 4.78 is 2.12. The van der Waals surface area contributed by atoms with Gasteiger partial charge in [-0.2, -0.15) is 9.68 Å². The third-order valence-electron chi connectivity index (χ3n) is 2.22. The number of hydrazine groups is 1. The first-order valence-electron chi connectivity index (χ1n) is 4.24. The Kier molecular flexibility index (Phi) is 2.40. The van der Waals surface area contributed by atoms with Crippen molar-refractivity contribution in [3.05, 3.63) is 0 Å². The van der Waals surface area contributed by atoms with Gasteiger partial charge in [0, 0.05) is 18.8 Å². The molecule has 0 radical (unpaired) electrons. The van der Waals surface area contributed by atoms with Crippen LogP contribution in [0.25, 0.3) is 0 Å². The van der Waals surface area contributed by atoms with E-state index in [2.05, 4.69) is 16.0 Å². The van der Waals surface area contributed by atoms with Gasteiger partial charge in [-0.3, -0.25) is 4.90 Å². The van der Waals surface area contributed by atoms with Crippen LogP contribution in [0.1, 0.15) is 12.8 Å². The Morgan fingerprint density at radius 3 is 3.17 bits per heavy atom. The highest BCUT2D eigenvalue weighted by molar-refractivity contribution is 7.97. The van der Waals surface area contributed by atoms with Crippen molar-refractivity contribution >= 4 is 11.9 Å². The van der Waals surface area contributed by atoms with Crippen molar-refractivity contribution in [2.75, 3.05) is 18.8 Å². The lowest BCUT2D eigenvalue weighted by molar-refractivity contribution is 0.178. The van der Waals surface area contributed by atoms with E-state index in [-0.39, 0.29) is 0 Å². The molecular formula is C7H12N4S. The van der Waals surface area contributed by atoms with Crippen molar-refractivity contribution in [2.45, 2.75) is 19.0 Å². The van der Waals surface area contributed by atoms with E-state index >= 15 is 0 Å². The van der Waals surface area contributed by atoms with Gasteiger partial charge in [-0.05, 0) is 12.8 Å². The normalized spacial score (nSPS) is 30.9. The predicted octanol–water partition coefficient (Wildman–Crippen LogP) is 0.358. The Morgan fingerprint density at radius 2 is 2.50 bits per heavy atom. The van der Waals surface area contributed by atoms with Crippen molar-refractivity contribution in [1.82, 2.24) is 14.7 Å². The van der Waals surface area contributed by atoms with Crippen LogP contribution in [-0.4, -0.2) is 34.3 Å². The molecule has 66 valence electrons. The van der Waals surface area contributed by atoms with Gasteiger partial charge in [0.2, 0.25) is 0 Å². The number of likely N-dealkylation sites (tertiary alicyclic amines) is 1. The van der Waals surface area contributed by atoms with Crippen molar-refractivity contribution in [3.8, 4) is 6.19 Å². The molecule has 0 aromatic rings. The van der Waals surface area contributed by atoms with Crippen molar-refractivity contribution in [1.29, 1.82) is 5.26 Å². The van der Waals surface area contributed by atoms with E-state index in [9.17, 15) is 0 Å². The van der Waals surface area contributed by atoms with Crippen LogP contribution in [0.2, 0.25) is 0 Å². The Labute approximate surface area is 76.6 Å². The Bertz CT molecular complexity index is 196. The summed E-state index contributed by atoms with van der Waals surface area (Å²) >= 11 is 1.79. The monoisotopic (exact) mass is 184 g/mol. The van der Waals surface area contributed by atoms with E-state index in [1.54, 1.807) is 11.9 Å². The van der Waals surface area contributed by atoms with Gasteiger partial charge >= 0.3 is 0 Å². The molecule has 0 amide bonds. The lowest BCUT2D eigenvalue weighted by Crippen LogP contribution is -2.42. The molecule has 0 bridgehead atoms. The molecule has 0 spiro atoms. The number of nitrogens with one attached hydrogen (secondary N) is 1. The summed E-state index contributed by atoms with van der Waals surface area (Å²) in [5, 5.41) is 8.81. The average Bonchev–Trinajstić information content (AvgIpc) is 2.74. The van der Waals surface area contributed by atoms with Crippen LogP contribution in [0.5, 0.6) is 0 Å². The number of rotatable bonds is 1. The highest BCUT2D eigenvalue weighted by atomic mass is 32.2. The second kappa shape index (κ2) is 3.52. The molecule has 2 heterocycles. The summed E-state index contributed by atoms with van der Waals surface area (Å²) in [5.74, 6) is 1.12. The molecule has 4 nitrogen and oxygen atoms in total. The van der Waals surface area contributed by atoms with Crippen molar-refractivity contribution in [2.24, 2.45) is 0 Å². The van der Waals surface area contributed by atoms with Crippen LogP contribution >= 0.6 is 11.9 Å². The topological polar surface area (TPSA) is 42.3 Å². The van der Waals surface area contributed by atoms with Crippen LogP contribution in [0.15, 0.2) is 0 Å². The summed E-state index contributed by atoms with van der Waals surface area (Å²) in [4.78, 5) is 1.85. The fourth-order valence-electron chi connectivity index (χ4n) is 1.65. The molecule has 2 aliphatic heterocycles. The SMILES string of the molecule is N#CN1CCCC1N1NCCS1. The number of nitriles is 1. The van der Waals surface area contributed by atoms with E-state index in [0.717, 1.165) is 31.7 Å². The first kappa shape index (κ1) is 8.17. The standard InChI is InChI=1S/C7H12N4S/c8-6-10-4-1-2-7(10)11-9-3-5-12-11/h7,9H,1-5H2. The Hall–Kier alpha value is -0.440. The molecule has 0 aromatic heterocycles. The molecular weight excluding hydrogens is 172 g/mol. The summed E-state index contributed by atoms with van der Waals surface area (Å²) in [6, 6.07) is 0. The van der Waals surface area contributed by atoms with Gasteiger partial charge < -0.3 is 0 Å². The van der Waals surface area contributed by atoms with Crippen LogP contribution in [0.4, 0.5) is 0 Å². The third kappa shape index (κ3) is 1.38. The molecule has 2 aliphatic rings. The van der Waals surface area contributed by atoms with E-state index in [1.807, 2.05) is 4.90 Å². The highest BCUT2D eigenvalue weighted by Crippen LogP contribution is 2.25. The van der Waals surface area contributed by atoms with E-state index in [1.165, 1.54) is 0 Å². The summed E-state index contributed by atoms with van der Waals surface area (Å²) in [6.07, 6.45) is 4.76. The van der Waals surface area contributed by atoms with Crippen LogP contribution in [0, 0.1) is 11.5 Å². The minimum absolute atomic E-state index is 0.294. The van der Waals surface area contributed by atoms with Gasteiger partial charge in [0.05, 0.1) is 0 Å². The number of nitrogens with zero attached hydrogens (tertiary/aromatic N) is 3. The van der Waals surface area contributed by atoms with Crippen molar-refractivity contribution < 1.29 is 0 Å². The molecule has 2 fully saturated rings. The molecule has 0 aliphatic carbocycles. The van der Waals surface area contributed by atoms with E-state index in [0.29, 0.717) is 6.17 Å². The van der Waals surface area contributed by atoms with E-state index < -0.39 is 0 Å². The summed E-state index contributed by atoms with van der Waals surface area (Å²) in [6.45, 7) is 1.94. The first-order chi connectivity index (χ1) is 5.92.